The van der Waals surface area contributed by atoms with Crippen LogP contribution in [0.2, 0.25) is 0 Å². The summed E-state index contributed by atoms with van der Waals surface area (Å²) in [4.78, 5) is 31.3. The number of pyridine rings is 1. The summed E-state index contributed by atoms with van der Waals surface area (Å²) in [5, 5.41) is 17.3. The van der Waals surface area contributed by atoms with Crippen molar-refractivity contribution in [2.75, 3.05) is 29.1 Å². The number of nitrogens with zero attached hydrogens (tertiary/aromatic N) is 6. The predicted octanol–water partition coefficient (Wildman–Crippen LogP) is 1.87. The van der Waals surface area contributed by atoms with Gasteiger partial charge in [-0.2, -0.15) is 0 Å². The minimum absolute atomic E-state index is 0.180. The number of aryl methyl sites for hydroxylation is 1. The molecule has 0 spiro atoms. The monoisotopic (exact) mass is 452 g/mol. The Morgan fingerprint density at radius 3 is 2.53 bits per heavy atom. The molecule has 10 nitrogen and oxygen atoms in total. The van der Waals surface area contributed by atoms with E-state index in [1.54, 1.807) is 31.3 Å². The first-order chi connectivity index (χ1) is 15.6. The van der Waals surface area contributed by atoms with Crippen molar-refractivity contribution in [2.45, 2.75) is 24.5 Å². The molecule has 166 valence electrons. The Hall–Kier alpha value is -3.47. The van der Waals surface area contributed by atoms with E-state index in [0.29, 0.717) is 23.0 Å². The molecular weight excluding hydrogens is 428 g/mol. The lowest BCUT2D eigenvalue weighted by molar-refractivity contribution is -0.113. The maximum atomic E-state index is 12.4. The zero-order valence-corrected chi connectivity index (χ0v) is 18.5. The van der Waals surface area contributed by atoms with Crippen molar-refractivity contribution in [2.24, 2.45) is 7.05 Å². The van der Waals surface area contributed by atoms with Crippen LogP contribution in [-0.4, -0.2) is 55.8 Å². The molecule has 2 amide bonds. The second-order valence-corrected chi connectivity index (χ2v) is 8.34. The van der Waals surface area contributed by atoms with Gasteiger partial charge in [-0.1, -0.05) is 17.8 Å². The Bertz CT molecular complexity index is 1060. The highest BCUT2D eigenvalue weighted by atomic mass is 32.2. The lowest BCUT2D eigenvalue weighted by atomic mass is 10.2. The molecule has 32 heavy (non-hydrogen) atoms. The van der Waals surface area contributed by atoms with Crippen molar-refractivity contribution < 1.29 is 9.59 Å². The number of rotatable bonds is 8. The molecule has 0 atom stereocenters. The van der Waals surface area contributed by atoms with Gasteiger partial charge < -0.3 is 15.5 Å². The number of tetrazole rings is 1. The van der Waals surface area contributed by atoms with E-state index in [1.807, 2.05) is 18.3 Å². The molecule has 11 heteroatoms. The van der Waals surface area contributed by atoms with Crippen molar-refractivity contribution in [1.82, 2.24) is 30.5 Å². The number of carbonyl (C=O) groups excluding carboxylic acids is 2. The predicted molar refractivity (Wildman–Crippen MR) is 121 cm³/mol. The summed E-state index contributed by atoms with van der Waals surface area (Å²) >= 11 is 1.24. The fourth-order valence-electron chi connectivity index (χ4n) is 3.31. The van der Waals surface area contributed by atoms with E-state index in [-0.39, 0.29) is 17.6 Å². The van der Waals surface area contributed by atoms with Crippen molar-refractivity contribution in [3.05, 3.63) is 53.7 Å². The molecule has 0 saturated carbocycles. The van der Waals surface area contributed by atoms with Gasteiger partial charge in [0.1, 0.15) is 5.82 Å². The number of hydrogen-bond acceptors (Lipinski definition) is 8. The Kier molecular flexibility index (Phi) is 6.95. The van der Waals surface area contributed by atoms with Crippen LogP contribution >= 0.6 is 11.8 Å². The minimum Gasteiger partial charge on any atom is -0.357 e. The molecule has 1 aliphatic rings. The number of thioether (sulfide) groups is 1. The van der Waals surface area contributed by atoms with Crippen LogP contribution < -0.4 is 15.5 Å². The molecule has 1 fully saturated rings. The van der Waals surface area contributed by atoms with Crippen LogP contribution in [-0.2, 0) is 18.4 Å². The van der Waals surface area contributed by atoms with Crippen molar-refractivity contribution in [3.63, 3.8) is 0 Å². The number of anilines is 2. The number of benzene rings is 1. The average Bonchev–Trinajstić information content (AvgIpc) is 3.49. The molecule has 0 radical (unpaired) electrons. The van der Waals surface area contributed by atoms with Gasteiger partial charge in [0.25, 0.3) is 5.91 Å². The van der Waals surface area contributed by atoms with Gasteiger partial charge in [0.2, 0.25) is 11.1 Å². The standard InChI is InChI=1S/C21H24N8O2S/c1-28-21(25-26-27-28)32-14-19(30)24-17-7-5-16(6-8-17)20(31)23-13-15-4-9-18(22-12-15)29-10-2-3-11-29/h4-9,12H,2-3,10-11,13-14H2,1H3,(H,23,31)(H,24,30). The van der Waals surface area contributed by atoms with E-state index >= 15 is 0 Å². The third kappa shape index (κ3) is 5.61. The van der Waals surface area contributed by atoms with Crippen LogP contribution in [0.4, 0.5) is 11.5 Å². The van der Waals surface area contributed by atoms with Crippen LogP contribution in [0, 0.1) is 0 Å². The molecule has 0 aliphatic carbocycles. The molecule has 0 unspecified atom stereocenters. The highest BCUT2D eigenvalue weighted by molar-refractivity contribution is 7.99. The van der Waals surface area contributed by atoms with Crippen LogP contribution in [0.25, 0.3) is 0 Å². The Balaban J connectivity index is 1.23. The van der Waals surface area contributed by atoms with E-state index in [1.165, 1.54) is 29.3 Å². The Labute approximate surface area is 189 Å². The number of amides is 2. The van der Waals surface area contributed by atoms with E-state index in [2.05, 4.69) is 36.0 Å². The van der Waals surface area contributed by atoms with Gasteiger partial charge in [-0.3, -0.25) is 9.59 Å². The summed E-state index contributed by atoms with van der Waals surface area (Å²) in [6.45, 7) is 2.51. The smallest absolute Gasteiger partial charge is 0.251 e. The number of nitrogens with one attached hydrogen (secondary N) is 2. The van der Waals surface area contributed by atoms with E-state index < -0.39 is 0 Å². The van der Waals surface area contributed by atoms with Crippen LogP contribution in [0.1, 0.15) is 28.8 Å². The fraction of sp³-hybridized carbons (Fsp3) is 0.333. The first-order valence-corrected chi connectivity index (χ1v) is 11.3. The Morgan fingerprint density at radius 1 is 1.09 bits per heavy atom. The van der Waals surface area contributed by atoms with Gasteiger partial charge in [0.15, 0.2) is 0 Å². The largest absolute Gasteiger partial charge is 0.357 e. The van der Waals surface area contributed by atoms with Crippen LogP contribution in [0.15, 0.2) is 47.8 Å². The maximum absolute atomic E-state index is 12.4. The van der Waals surface area contributed by atoms with Crippen LogP contribution in [0.3, 0.4) is 0 Å². The molecule has 0 bridgehead atoms. The van der Waals surface area contributed by atoms with Gasteiger partial charge in [0.05, 0.1) is 5.75 Å². The van der Waals surface area contributed by atoms with Gasteiger partial charge >= 0.3 is 0 Å². The minimum atomic E-state index is -0.183. The molecule has 3 heterocycles. The first kappa shape index (κ1) is 21.8. The third-order valence-electron chi connectivity index (χ3n) is 5.04. The molecule has 2 N–H and O–H groups in total. The van der Waals surface area contributed by atoms with Crippen molar-refractivity contribution >= 4 is 35.1 Å². The van der Waals surface area contributed by atoms with E-state index in [9.17, 15) is 9.59 Å². The second-order valence-electron chi connectivity index (χ2n) is 7.40. The van der Waals surface area contributed by atoms with Gasteiger partial charge in [-0.15, -0.1) is 5.10 Å². The zero-order valence-electron chi connectivity index (χ0n) is 17.7. The molecular formula is C21H24N8O2S. The summed E-state index contributed by atoms with van der Waals surface area (Å²) < 4.78 is 1.50. The molecule has 2 aromatic heterocycles. The summed E-state index contributed by atoms with van der Waals surface area (Å²) in [6, 6.07) is 10.8. The summed E-state index contributed by atoms with van der Waals surface area (Å²) in [6.07, 6.45) is 4.23. The molecule has 1 saturated heterocycles. The highest BCUT2D eigenvalue weighted by Crippen LogP contribution is 2.18. The quantitative estimate of drug-likeness (QED) is 0.498. The highest BCUT2D eigenvalue weighted by Gasteiger charge is 2.13. The van der Waals surface area contributed by atoms with E-state index in [0.717, 1.165) is 24.5 Å². The van der Waals surface area contributed by atoms with E-state index in [4.69, 9.17) is 0 Å². The molecule has 1 aliphatic heterocycles. The van der Waals surface area contributed by atoms with Gasteiger partial charge in [-0.05, 0) is 59.2 Å². The second kappa shape index (κ2) is 10.2. The van der Waals surface area contributed by atoms with Crippen molar-refractivity contribution in [1.29, 1.82) is 0 Å². The molecule has 3 aromatic rings. The maximum Gasteiger partial charge on any atom is 0.251 e. The number of carbonyl (C=O) groups is 2. The van der Waals surface area contributed by atoms with Crippen molar-refractivity contribution in [3.8, 4) is 0 Å². The first-order valence-electron chi connectivity index (χ1n) is 10.3. The lowest BCUT2D eigenvalue weighted by Crippen LogP contribution is -2.23. The molecule has 4 rings (SSSR count). The Morgan fingerprint density at radius 2 is 1.88 bits per heavy atom. The summed E-state index contributed by atoms with van der Waals surface area (Å²) in [5.74, 6) is 0.805. The van der Waals surface area contributed by atoms with Gasteiger partial charge in [-0.25, -0.2) is 9.67 Å². The lowest BCUT2D eigenvalue weighted by Gasteiger charge is -2.16. The van der Waals surface area contributed by atoms with Crippen LogP contribution in [0.5, 0.6) is 0 Å². The number of hydrogen-bond donors (Lipinski definition) is 2. The number of aromatic nitrogens is 5. The molecule has 1 aromatic carbocycles. The topological polar surface area (TPSA) is 118 Å². The average molecular weight is 453 g/mol. The third-order valence-corrected chi connectivity index (χ3v) is 6.05. The summed E-state index contributed by atoms with van der Waals surface area (Å²) in [7, 11) is 1.71. The SMILES string of the molecule is Cn1nnnc1SCC(=O)Nc1ccc(C(=O)NCc2ccc(N3CCCC3)nc2)cc1. The zero-order chi connectivity index (χ0) is 22.3. The van der Waals surface area contributed by atoms with Gasteiger partial charge in [0, 0.05) is 44.1 Å². The summed E-state index contributed by atoms with van der Waals surface area (Å²) in [5.41, 5.74) is 2.08. The normalized spacial score (nSPS) is 13.2. The fourth-order valence-corrected chi connectivity index (χ4v) is 3.96.